The molecule has 27 heavy (non-hydrogen) atoms. The van der Waals surface area contributed by atoms with Crippen molar-refractivity contribution < 1.29 is 0 Å². The smallest absolute Gasteiger partial charge is 0.274 e. The fourth-order valence-corrected chi connectivity index (χ4v) is 3.86. The number of nitrogens with zero attached hydrogens (tertiary/aromatic N) is 6. The third-order valence-electron chi connectivity index (χ3n) is 4.46. The lowest BCUT2D eigenvalue weighted by Gasteiger charge is -2.09. The molecule has 0 unspecified atom stereocenters. The number of aryl methyl sites for hydroxylation is 1. The van der Waals surface area contributed by atoms with E-state index >= 15 is 0 Å². The van der Waals surface area contributed by atoms with Crippen LogP contribution < -0.4 is 5.56 Å². The number of nitrogens with one attached hydrogen (secondary N) is 1. The Kier molecular flexibility index (Phi) is 3.82. The van der Waals surface area contributed by atoms with Gasteiger partial charge in [0.1, 0.15) is 11.6 Å². The number of hydrogen-bond donors (Lipinski definition) is 1. The second kappa shape index (κ2) is 6.34. The van der Waals surface area contributed by atoms with E-state index in [1.54, 1.807) is 6.92 Å². The summed E-state index contributed by atoms with van der Waals surface area (Å²) in [5, 5.41) is 12.7. The Bertz CT molecular complexity index is 1170. The minimum Gasteiger partial charge on any atom is -0.274 e. The molecule has 3 heterocycles. The standard InChI is InChI=1S/C18H17N7OS/c1-11-9-15(26)25-17(19-11)20-14(23-25)10-27-18-22-21-16(12-7-8-12)24(18)13-5-3-2-4-6-13/h2-6,9,12H,7-8,10H2,1H3,(H,19,20,23). The highest BCUT2D eigenvalue weighted by molar-refractivity contribution is 7.98. The molecule has 0 saturated heterocycles. The number of aromatic nitrogens is 7. The summed E-state index contributed by atoms with van der Waals surface area (Å²) in [5.41, 5.74) is 1.55. The van der Waals surface area contributed by atoms with Gasteiger partial charge in [0.05, 0.1) is 5.75 Å². The predicted molar refractivity (Wildman–Crippen MR) is 101 cm³/mol. The van der Waals surface area contributed by atoms with Gasteiger partial charge in [-0.2, -0.15) is 9.50 Å². The van der Waals surface area contributed by atoms with Crippen molar-refractivity contribution in [2.45, 2.75) is 36.6 Å². The molecule has 5 rings (SSSR count). The largest absolute Gasteiger partial charge is 0.274 e. The Labute approximate surface area is 158 Å². The summed E-state index contributed by atoms with van der Waals surface area (Å²) >= 11 is 1.54. The molecule has 0 bridgehead atoms. The molecule has 0 atom stereocenters. The van der Waals surface area contributed by atoms with Crippen LogP contribution in [0, 0.1) is 6.92 Å². The third-order valence-corrected chi connectivity index (χ3v) is 5.40. The number of benzene rings is 1. The van der Waals surface area contributed by atoms with E-state index in [0.717, 1.165) is 29.5 Å². The minimum absolute atomic E-state index is 0.162. The van der Waals surface area contributed by atoms with E-state index in [-0.39, 0.29) is 5.56 Å². The van der Waals surface area contributed by atoms with E-state index in [2.05, 4.69) is 42.0 Å². The van der Waals surface area contributed by atoms with Crippen LogP contribution in [0.15, 0.2) is 46.3 Å². The quantitative estimate of drug-likeness (QED) is 0.536. The molecule has 0 aliphatic heterocycles. The molecule has 3 aromatic heterocycles. The predicted octanol–water partition coefficient (Wildman–Crippen LogP) is 2.48. The molecular formula is C18H17N7OS. The Morgan fingerprint density at radius 3 is 2.78 bits per heavy atom. The molecule has 0 amide bonds. The van der Waals surface area contributed by atoms with Crippen molar-refractivity contribution in [2.75, 3.05) is 0 Å². The third kappa shape index (κ3) is 3.03. The van der Waals surface area contributed by atoms with Crippen LogP contribution in [0.3, 0.4) is 0 Å². The summed E-state index contributed by atoms with van der Waals surface area (Å²) in [4.78, 5) is 20.7. The zero-order valence-corrected chi connectivity index (χ0v) is 15.5. The lowest BCUT2D eigenvalue weighted by molar-refractivity contribution is 0.827. The Morgan fingerprint density at radius 2 is 2.00 bits per heavy atom. The molecule has 0 spiro atoms. The van der Waals surface area contributed by atoms with Crippen LogP contribution in [0.25, 0.3) is 11.5 Å². The Balaban J connectivity index is 1.46. The first-order chi connectivity index (χ1) is 13.2. The van der Waals surface area contributed by atoms with Crippen LogP contribution in [0.1, 0.15) is 36.1 Å². The molecule has 1 fully saturated rings. The number of aromatic amines is 1. The van der Waals surface area contributed by atoms with E-state index in [1.165, 1.54) is 22.3 Å². The highest BCUT2D eigenvalue weighted by Crippen LogP contribution is 2.41. The number of fused-ring (bicyclic) bond motifs is 1. The van der Waals surface area contributed by atoms with E-state index in [9.17, 15) is 4.79 Å². The molecular weight excluding hydrogens is 362 g/mol. The van der Waals surface area contributed by atoms with Crippen molar-refractivity contribution >= 4 is 17.5 Å². The van der Waals surface area contributed by atoms with Crippen LogP contribution in [-0.2, 0) is 5.75 Å². The fourth-order valence-electron chi connectivity index (χ4n) is 3.03. The first-order valence-electron chi connectivity index (χ1n) is 8.78. The van der Waals surface area contributed by atoms with Crippen LogP contribution in [-0.4, -0.2) is 34.3 Å². The van der Waals surface area contributed by atoms with Gasteiger partial charge in [0.2, 0.25) is 0 Å². The van der Waals surface area contributed by atoms with Crippen LogP contribution in [0.2, 0.25) is 0 Å². The molecule has 4 aromatic rings. The number of thioether (sulfide) groups is 1. The Hall–Kier alpha value is -2.94. The molecule has 1 N–H and O–H groups in total. The summed E-state index contributed by atoms with van der Waals surface area (Å²) in [5.74, 6) is 3.10. The van der Waals surface area contributed by atoms with Gasteiger partial charge < -0.3 is 0 Å². The molecule has 1 aliphatic carbocycles. The Morgan fingerprint density at radius 1 is 1.19 bits per heavy atom. The maximum absolute atomic E-state index is 12.0. The monoisotopic (exact) mass is 379 g/mol. The van der Waals surface area contributed by atoms with Gasteiger partial charge in [-0.15, -0.1) is 10.2 Å². The molecule has 1 aliphatic rings. The molecule has 1 saturated carbocycles. The summed E-state index contributed by atoms with van der Waals surface area (Å²) in [6.07, 6.45) is 2.32. The first-order valence-corrected chi connectivity index (χ1v) is 9.76. The van der Waals surface area contributed by atoms with E-state index in [4.69, 9.17) is 0 Å². The second-order valence-electron chi connectivity index (χ2n) is 6.62. The van der Waals surface area contributed by atoms with E-state index < -0.39 is 0 Å². The molecule has 136 valence electrons. The molecule has 1 aromatic carbocycles. The van der Waals surface area contributed by atoms with Gasteiger partial charge in [-0.05, 0) is 31.9 Å². The SMILES string of the molecule is Cc1cc(=O)n2[nH]c(CSc3nnc(C4CC4)n3-c3ccccc3)nc2n1. The van der Waals surface area contributed by atoms with Crippen LogP contribution in [0.4, 0.5) is 0 Å². The van der Waals surface area contributed by atoms with Crippen molar-refractivity contribution in [1.82, 2.24) is 34.3 Å². The number of H-pyrrole nitrogens is 1. The molecule has 9 heteroatoms. The molecule has 0 radical (unpaired) electrons. The maximum atomic E-state index is 12.0. The number of rotatable bonds is 5. The lowest BCUT2D eigenvalue weighted by atomic mass is 10.3. The van der Waals surface area contributed by atoms with Gasteiger partial charge in [0.25, 0.3) is 11.3 Å². The van der Waals surface area contributed by atoms with Gasteiger partial charge in [-0.1, -0.05) is 30.0 Å². The topological polar surface area (TPSA) is 93.8 Å². The van der Waals surface area contributed by atoms with Gasteiger partial charge >= 0.3 is 0 Å². The average Bonchev–Trinajstić information content (AvgIpc) is 3.28. The highest BCUT2D eigenvalue weighted by atomic mass is 32.2. The lowest BCUT2D eigenvalue weighted by Crippen LogP contribution is -2.14. The van der Waals surface area contributed by atoms with Gasteiger partial charge in [0.15, 0.2) is 5.16 Å². The van der Waals surface area contributed by atoms with Crippen molar-refractivity contribution in [1.29, 1.82) is 0 Å². The fraction of sp³-hybridized carbons (Fsp3) is 0.278. The summed E-state index contributed by atoms with van der Waals surface area (Å²) < 4.78 is 3.49. The van der Waals surface area contributed by atoms with Crippen LogP contribution in [0.5, 0.6) is 0 Å². The van der Waals surface area contributed by atoms with E-state index in [0.29, 0.717) is 29.0 Å². The van der Waals surface area contributed by atoms with Gasteiger partial charge in [0, 0.05) is 23.4 Å². The summed E-state index contributed by atoms with van der Waals surface area (Å²) in [6, 6.07) is 11.6. The zero-order valence-electron chi connectivity index (χ0n) is 14.7. The number of para-hydroxylation sites is 1. The zero-order chi connectivity index (χ0) is 18.4. The van der Waals surface area contributed by atoms with Gasteiger partial charge in [-0.3, -0.25) is 14.5 Å². The summed E-state index contributed by atoms with van der Waals surface area (Å²) in [7, 11) is 0. The molecule has 8 nitrogen and oxygen atoms in total. The van der Waals surface area contributed by atoms with Gasteiger partial charge in [-0.25, -0.2) is 4.98 Å². The van der Waals surface area contributed by atoms with Crippen molar-refractivity contribution in [3.63, 3.8) is 0 Å². The van der Waals surface area contributed by atoms with Crippen LogP contribution >= 0.6 is 11.8 Å². The second-order valence-corrected chi connectivity index (χ2v) is 7.56. The average molecular weight is 379 g/mol. The van der Waals surface area contributed by atoms with E-state index in [1.807, 2.05) is 18.2 Å². The summed E-state index contributed by atoms with van der Waals surface area (Å²) in [6.45, 7) is 1.78. The normalized spacial score (nSPS) is 14.1. The highest BCUT2D eigenvalue weighted by Gasteiger charge is 2.31. The first kappa shape index (κ1) is 16.2. The van der Waals surface area contributed by atoms with Crippen molar-refractivity contribution in [3.05, 3.63) is 64.1 Å². The van der Waals surface area contributed by atoms with Crippen molar-refractivity contribution in [3.8, 4) is 5.69 Å². The number of hydrogen-bond acceptors (Lipinski definition) is 6. The maximum Gasteiger partial charge on any atom is 0.274 e. The minimum atomic E-state index is -0.162. The van der Waals surface area contributed by atoms with Crippen molar-refractivity contribution in [2.24, 2.45) is 0 Å².